The summed E-state index contributed by atoms with van der Waals surface area (Å²) in [6.07, 6.45) is 4.48. The van der Waals surface area contributed by atoms with E-state index in [2.05, 4.69) is 20.1 Å². The summed E-state index contributed by atoms with van der Waals surface area (Å²) in [6, 6.07) is 6.11. The van der Waals surface area contributed by atoms with Crippen LogP contribution in [0.15, 0.2) is 29.1 Å². The minimum absolute atomic E-state index is 0.0545. The van der Waals surface area contributed by atoms with Gasteiger partial charge in [0.05, 0.1) is 29.8 Å². The molecule has 0 unspecified atom stereocenters. The molecule has 1 atom stereocenters. The molecule has 182 valence electrons. The zero-order valence-electron chi connectivity index (χ0n) is 18.9. The number of aromatic carboxylic acids is 1. The molecule has 11 nitrogen and oxygen atoms in total. The number of piperidine rings is 1. The van der Waals surface area contributed by atoms with Gasteiger partial charge in [-0.25, -0.2) is 22.7 Å². The molecule has 12 heteroatoms. The quantitative estimate of drug-likeness (QED) is 0.374. The summed E-state index contributed by atoms with van der Waals surface area (Å²) in [6.45, 7) is 2.83. The van der Waals surface area contributed by atoms with Crippen LogP contribution >= 0.6 is 0 Å². The van der Waals surface area contributed by atoms with Gasteiger partial charge in [0.25, 0.3) is 5.56 Å². The minimum atomic E-state index is -3.64. The lowest BCUT2D eigenvalue weighted by Gasteiger charge is -2.21. The van der Waals surface area contributed by atoms with Crippen molar-refractivity contribution < 1.29 is 23.1 Å². The van der Waals surface area contributed by atoms with E-state index in [4.69, 9.17) is 4.74 Å². The van der Waals surface area contributed by atoms with Gasteiger partial charge in [-0.2, -0.15) is 0 Å². The van der Waals surface area contributed by atoms with Crippen LogP contribution in [0.5, 0.6) is 5.75 Å². The van der Waals surface area contributed by atoms with Crippen LogP contribution in [-0.4, -0.2) is 53.5 Å². The number of hydrogen-bond donors (Lipinski definition) is 4. The van der Waals surface area contributed by atoms with Gasteiger partial charge in [-0.1, -0.05) is 6.42 Å². The van der Waals surface area contributed by atoms with E-state index < -0.39 is 16.0 Å². The number of aryl methyl sites for hydroxylation is 1. The van der Waals surface area contributed by atoms with Gasteiger partial charge < -0.3 is 15.2 Å². The maximum absolute atomic E-state index is 13.1. The number of anilines is 1. The first-order valence-corrected chi connectivity index (χ1v) is 12.8. The zero-order valence-corrected chi connectivity index (χ0v) is 19.7. The lowest BCUT2D eigenvalue weighted by Crippen LogP contribution is -2.27. The van der Waals surface area contributed by atoms with Crippen molar-refractivity contribution in [3.8, 4) is 5.75 Å². The highest BCUT2D eigenvalue weighted by molar-refractivity contribution is 7.92. The fourth-order valence-electron chi connectivity index (χ4n) is 4.12. The summed E-state index contributed by atoms with van der Waals surface area (Å²) in [7, 11) is -3.64. The molecule has 0 aliphatic carbocycles. The molecule has 1 aliphatic heterocycles. The molecule has 3 aromatic rings. The molecule has 3 heterocycles. The summed E-state index contributed by atoms with van der Waals surface area (Å²) >= 11 is 0. The van der Waals surface area contributed by atoms with Crippen LogP contribution in [0.1, 0.15) is 52.6 Å². The summed E-state index contributed by atoms with van der Waals surface area (Å²) in [5, 5.41) is 16.0. The number of carbonyl (C=O) groups is 1. The van der Waals surface area contributed by atoms with E-state index in [1.807, 2.05) is 6.07 Å². The number of aromatic nitrogens is 3. The Morgan fingerprint density at radius 3 is 2.79 bits per heavy atom. The molecule has 4 rings (SSSR count). The number of nitrogens with one attached hydrogen (secondary N) is 3. The van der Waals surface area contributed by atoms with Gasteiger partial charge in [-0.05, 0) is 44.5 Å². The van der Waals surface area contributed by atoms with Gasteiger partial charge in [0.15, 0.2) is 5.65 Å². The third kappa shape index (κ3) is 5.23. The van der Waals surface area contributed by atoms with E-state index in [0.29, 0.717) is 16.9 Å². The normalized spacial score (nSPS) is 16.5. The zero-order chi connectivity index (χ0) is 24.5. The number of sulfonamides is 1. The van der Waals surface area contributed by atoms with Crippen molar-refractivity contribution in [3.05, 3.63) is 57.1 Å². The van der Waals surface area contributed by atoms with Crippen LogP contribution in [0.4, 0.5) is 5.69 Å². The lowest BCUT2D eigenvalue weighted by atomic mass is 10.0. The monoisotopic (exact) mass is 489 g/mol. The number of benzene rings is 1. The van der Waals surface area contributed by atoms with Crippen molar-refractivity contribution in [2.45, 2.75) is 38.6 Å². The smallest absolute Gasteiger partial charge is 0.337 e. The van der Waals surface area contributed by atoms with Gasteiger partial charge in [0.1, 0.15) is 5.75 Å². The molecular formula is C22H27N5O6S. The SMILES string of the molecule is Cc1nc2cc([C@@H]3CCCCN3)[nH]n2c(=O)c1CCOc1ccc(NS(C)(=O)=O)c(C(=O)O)c1. The topological polar surface area (TPSA) is 155 Å². The van der Waals surface area contributed by atoms with Gasteiger partial charge >= 0.3 is 5.97 Å². The van der Waals surface area contributed by atoms with E-state index in [-0.39, 0.29) is 41.6 Å². The molecule has 0 amide bonds. The van der Waals surface area contributed by atoms with Crippen LogP contribution in [0.25, 0.3) is 5.65 Å². The number of hydrogen-bond acceptors (Lipinski definition) is 7. The Labute approximate surface area is 196 Å². The molecule has 0 radical (unpaired) electrons. The maximum atomic E-state index is 13.1. The second kappa shape index (κ2) is 9.47. The Morgan fingerprint density at radius 2 is 2.12 bits per heavy atom. The number of rotatable bonds is 8. The van der Waals surface area contributed by atoms with Crippen molar-refractivity contribution in [3.63, 3.8) is 0 Å². The Hall–Kier alpha value is -3.38. The van der Waals surface area contributed by atoms with Gasteiger partial charge in [0.2, 0.25) is 10.0 Å². The van der Waals surface area contributed by atoms with Gasteiger partial charge in [0, 0.05) is 29.8 Å². The number of ether oxygens (including phenoxy) is 1. The number of carboxylic acid groups (broad SMARTS) is 1. The largest absolute Gasteiger partial charge is 0.493 e. The number of aromatic amines is 1. The van der Waals surface area contributed by atoms with E-state index in [9.17, 15) is 23.1 Å². The fourth-order valence-corrected chi connectivity index (χ4v) is 4.70. The van der Waals surface area contributed by atoms with Crippen molar-refractivity contribution in [2.24, 2.45) is 0 Å². The average molecular weight is 490 g/mol. The Morgan fingerprint density at radius 1 is 1.32 bits per heavy atom. The van der Waals surface area contributed by atoms with E-state index in [1.54, 1.807) is 6.92 Å². The Kier molecular flexibility index (Phi) is 6.62. The Bertz CT molecular complexity index is 1390. The average Bonchev–Trinajstić information content (AvgIpc) is 3.20. The molecule has 2 aromatic heterocycles. The molecule has 34 heavy (non-hydrogen) atoms. The molecule has 1 fully saturated rings. The highest BCUT2D eigenvalue weighted by atomic mass is 32.2. The van der Waals surface area contributed by atoms with Crippen molar-refractivity contribution in [1.82, 2.24) is 19.9 Å². The lowest BCUT2D eigenvalue weighted by molar-refractivity contribution is 0.0697. The molecule has 1 aromatic carbocycles. The van der Waals surface area contributed by atoms with Crippen LogP contribution in [0.3, 0.4) is 0 Å². The highest BCUT2D eigenvalue weighted by Crippen LogP contribution is 2.24. The fraction of sp³-hybridized carbons (Fsp3) is 0.409. The van der Waals surface area contributed by atoms with Crippen LogP contribution in [-0.2, 0) is 16.4 Å². The Balaban J connectivity index is 1.50. The summed E-state index contributed by atoms with van der Waals surface area (Å²) in [4.78, 5) is 29.2. The first-order chi connectivity index (χ1) is 16.1. The highest BCUT2D eigenvalue weighted by Gasteiger charge is 2.19. The van der Waals surface area contributed by atoms with Crippen molar-refractivity contribution in [2.75, 3.05) is 24.1 Å². The predicted molar refractivity (Wildman–Crippen MR) is 126 cm³/mol. The van der Waals surface area contributed by atoms with Crippen LogP contribution < -0.4 is 20.3 Å². The molecule has 0 spiro atoms. The first-order valence-electron chi connectivity index (χ1n) is 10.9. The molecule has 4 N–H and O–H groups in total. The molecule has 1 aliphatic rings. The van der Waals surface area contributed by atoms with Crippen LogP contribution in [0, 0.1) is 6.92 Å². The van der Waals surface area contributed by atoms with E-state index in [1.165, 1.54) is 22.7 Å². The summed E-state index contributed by atoms with van der Waals surface area (Å²) < 4.78 is 32.2. The third-order valence-electron chi connectivity index (χ3n) is 5.76. The second-order valence-electron chi connectivity index (χ2n) is 8.37. The number of nitrogens with zero attached hydrogens (tertiary/aromatic N) is 2. The van der Waals surface area contributed by atoms with E-state index >= 15 is 0 Å². The predicted octanol–water partition coefficient (Wildman–Crippen LogP) is 1.84. The minimum Gasteiger partial charge on any atom is -0.493 e. The first kappa shape index (κ1) is 23.8. The van der Waals surface area contributed by atoms with E-state index in [0.717, 1.165) is 37.8 Å². The third-order valence-corrected chi connectivity index (χ3v) is 6.35. The number of H-pyrrole nitrogens is 1. The maximum Gasteiger partial charge on any atom is 0.337 e. The van der Waals surface area contributed by atoms with Gasteiger partial charge in [-0.15, -0.1) is 0 Å². The number of carboxylic acids is 1. The molecule has 0 saturated carbocycles. The summed E-state index contributed by atoms with van der Waals surface area (Å²) in [5.41, 5.74) is 2.10. The standard InChI is InChI=1S/C22H27N5O6S/c1-13-15(21(28)27-20(24-13)12-19(25-27)18-5-3-4-9-23-18)8-10-33-14-6-7-17(26-34(2,31)32)16(11-14)22(29)30/h6-7,11-12,18,23,25-26H,3-5,8-10H2,1-2H3,(H,29,30)/t18-/m0/s1. The second-order valence-corrected chi connectivity index (χ2v) is 10.1. The molecular weight excluding hydrogens is 462 g/mol. The van der Waals surface area contributed by atoms with Crippen LogP contribution in [0.2, 0.25) is 0 Å². The molecule has 0 bridgehead atoms. The van der Waals surface area contributed by atoms with Crippen molar-refractivity contribution >= 4 is 27.3 Å². The summed E-state index contributed by atoms with van der Waals surface area (Å²) in [5.74, 6) is -1.05. The van der Waals surface area contributed by atoms with Gasteiger partial charge in [-0.3, -0.25) is 14.6 Å². The number of fused-ring (bicyclic) bond motifs is 1. The molecule has 1 saturated heterocycles. The van der Waals surface area contributed by atoms with Crippen molar-refractivity contribution in [1.29, 1.82) is 0 Å².